The topological polar surface area (TPSA) is 63.5 Å². The van der Waals surface area contributed by atoms with Crippen LogP contribution >= 0.6 is 15.9 Å². The highest BCUT2D eigenvalue weighted by Gasteiger charge is 2.41. The van der Waals surface area contributed by atoms with E-state index in [1.807, 2.05) is 47.5 Å². The molecule has 0 saturated carbocycles. The number of hydrogen-bond acceptors (Lipinski definition) is 6. The highest BCUT2D eigenvalue weighted by molar-refractivity contribution is 9.10. The highest BCUT2D eigenvalue weighted by Crippen LogP contribution is 2.49. The number of para-hydroxylation sites is 1. The number of phenolic OH excluding ortho intramolecular Hbond substituents is 1. The van der Waals surface area contributed by atoms with Gasteiger partial charge in [-0.3, -0.25) is 0 Å². The standard InChI is InChI=1S/C24H21BrN2O4/c1-29-22-10-7-14(11-23(22)30-2)18-13-19-16-5-3-4-6-21(16)31-24(27(19)26-18)17-12-15(25)8-9-20(17)28/h3-12,19,24,28H,13H2,1-2H3/t19-,24-/m1/s1. The van der Waals surface area contributed by atoms with Gasteiger partial charge in [0.15, 0.2) is 11.5 Å². The van der Waals surface area contributed by atoms with E-state index in [0.717, 1.165) is 27.1 Å². The number of hydrazone groups is 1. The average Bonchev–Trinajstić information content (AvgIpc) is 3.25. The molecule has 2 atom stereocenters. The van der Waals surface area contributed by atoms with E-state index in [-0.39, 0.29) is 11.8 Å². The number of aromatic hydroxyl groups is 1. The van der Waals surface area contributed by atoms with Gasteiger partial charge in [0.05, 0.1) is 31.5 Å². The fraction of sp³-hybridized carbons (Fsp3) is 0.208. The zero-order valence-corrected chi connectivity index (χ0v) is 18.7. The molecule has 0 aliphatic carbocycles. The van der Waals surface area contributed by atoms with Gasteiger partial charge in [0.25, 0.3) is 0 Å². The Morgan fingerprint density at radius 2 is 1.81 bits per heavy atom. The van der Waals surface area contributed by atoms with Crippen molar-refractivity contribution >= 4 is 21.6 Å². The van der Waals surface area contributed by atoms with Gasteiger partial charge in [-0.15, -0.1) is 0 Å². The molecule has 3 aromatic carbocycles. The molecule has 0 fully saturated rings. The molecule has 7 heteroatoms. The van der Waals surface area contributed by atoms with Crippen molar-refractivity contribution in [2.45, 2.75) is 18.7 Å². The molecule has 0 spiro atoms. The Morgan fingerprint density at radius 1 is 1.00 bits per heavy atom. The molecule has 0 saturated heterocycles. The molecule has 2 heterocycles. The summed E-state index contributed by atoms with van der Waals surface area (Å²) in [7, 11) is 3.24. The first-order valence-electron chi connectivity index (χ1n) is 9.91. The van der Waals surface area contributed by atoms with Crippen molar-refractivity contribution in [1.82, 2.24) is 5.01 Å². The van der Waals surface area contributed by atoms with E-state index in [2.05, 4.69) is 22.0 Å². The first kappa shape index (κ1) is 19.8. The third-order valence-corrected chi connectivity index (χ3v) is 6.16. The van der Waals surface area contributed by atoms with E-state index in [1.54, 1.807) is 26.4 Å². The van der Waals surface area contributed by atoms with Gasteiger partial charge in [-0.05, 0) is 42.5 Å². The molecule has 3 aromatic rings. The van der Waals surface area contributed by atoms with Gasteiger partial charge in [-0.2, -0.15) is 5.10 Å². The van der Waals surface area contributed by atoms with Crippen LogP contribution in [0.15, 0.2) is 70.2 Å². The van der Waals surface area contributed by atoms with E-state index in [4.69, 9.17) is 19.3 Å². The monoisotopic (exact) mass is 480 g/mol. The van der Waals surface area contributed by atoms with E-state index in [1.165, 1.54) is 0 Å². The Labute approximate surface area is 188 Å². The third-order valence-electron chi connectivity index (χ3n) is 5.67. The Kier molecular flexibility index (Phi) is 4.98. The summed E-state index contributed by atoms with van der Waals surface area (Å²) in [5, 5.41) is 17.4. The SMILES string of the molecule is COc1ccc(C2=NN3[C@H](C2)c2ccccc2O[C@@H]3c2cc(Br)ccc2O)cc1OC. The van der Waals surface area contributed by atoms with Crippen molar-refractivity contribution in [3.05, 3.63) is 81.8 Å². The Balaban J connectivity index is 1.60. The van der Waals surface area contributed by atoms with Crippen LogP contribution in [0.25, 0.3) is 0 Å². The van der Waals surface area contributed by atoms with E-state index in [0.29, 0.717) is 23.5 Å². The Hall–Kier alpha value is -3.19. The summed E-state index contributed by atoms with van der Waals surface area (Å²) >= 11 is 3.50. The third kappa shape index (κ3) is 3.39. The zero-order chi connectivity index (χ0) is 21.5. The van der Waals surface area contributed by atoms with Gasteiger partial charge in [0.2, 0.25) is 6.23 Å². The van der Waals surface area contributed by atoms with Crippen LogP contribution in [0.4, 0.5) is 0 Å². The number of halogens is 1. The van der Waals surface area contributed by atoms with Gasteiger partial charge in [0, 0.05) is 22.0 Å². The number of nitrogens with zero attached hydrogens (tertiary/aromatic N) is 2. The molecule has 158 valence electrons. The number of ether oxygens (including phenoxy) is 3. The van der Waals surface area contributed by atoms with Crippen LogP contribution in [0.2, 0.25) is 0 Å². The van der Waals surface area contributed by atoms with E-state index < -0.39 is 6.23 Å². The van der Waals surface area contributed by atoms with Crippen molar-refractivity contribution in [1.29, 1.82) is 0 Å². The molecule has 1 N–H and O–H groups in total. The lowest BCUT2D eigenvalue weighted by atomic mass is 9.95. The van der Waals surface area contributed by atoms with Crippen molar-refractivity contribution < 1.29 is 19.3 Å². The van der Waals surface area contributed by atoms with Gasteiger partial charge in [-0.1, -0.05) is 34.1 Å². The minimum absolute atomic E-state index is 0.00331. The van der Waals surface area contributed by atoms with Crippen LogP contribution in [0.1, 0.15) is 35.4 Å². The molecule has 0 bridgehead atoms. The number of benzene rings is 3. The molecule has 6 nitrogen and oxygen atoms in total. The number of hydrogen-bond donors (Lipinski definition) is 1. The second-order valence-electron chi connectivity index (χ2n) is 7.43. The molecule has 2 aliphatic heterocycles. The fourth-order valence-electron chi connectivity index (χ4n) is 4.15. The molecule has 0 amide bonds. The van der Waals surface area contributed by atoms with E-state index >= 15 is 0 Å². The number of phenols is 1. The fourth-order valence-corrected chi connectivity index (χ4v) is 4.53. The summed E-state index contributed by atoms with van der Waals surface area (Å²) < 4.78 is 18.0. The normalized spacial score (nSPS) is 19.2. The molecule has 0 radical (unpaired) electrons. The first-order valence-corrected chi connectivity index (χ1v) is 10.7. The van der Waals surface area contributed by atoms with Crippen molar-refractivity contribution in [2.75, 3.05) is 14.2 Å². The van der Waals surface area contributed by atoms with Crippen LogP contribution in [0.5, 0.6) is 23.0 Å². The maximum absolute atomic E-state index is 10.6. The summed E-state index contributed by atoms with van der Waals surface area (Å²) in [4.78, 5) is 0. The van der Waals surface area contributed by atoms with Crippen LogP contribution in [0.3, 0.4) is 0 Å². The summed E-state index contributed by atoms with van der Waals surface area (Å²) in [5.41, 5.74) is 3.62. The van der Waals surface area contributed by atoms with Crippen molar-refractivity contribution in [2.24, 2.45) is 5.10 Å². The zero-order valence-electron chi connectivity index (χ0n) is 17.1. The molecule has 0 aromatic heterocycles. The first-order chi connectivity index (χ1) is 15.1. The Bertz CT molecular complexity index is 1180. The smallest absolute Gasteiger partial charge is 0.217 e. The number of fused-ring (bicyclic) bond motifs is 3. The summed E-state index contributed by atoms with van der Waals surface area (Å²) in [5.74, 6) is 2.30. The minimum Gasteiger partial charge on any atom is -0.507 e. The summed E-state index contributed by atoms with van der Waals surface area (Å²) in [6, 6.07) is 19.1. The second-order valence-corrected chi connectivity index (χ2v) is 8.34. The predicted molar refractivity (Wildman–Crippen MR) is 121 cm³/mol. The highest BCUT2D eigenvalue weighted by atomic mass is 79.9. The van der Waals surface area contributed by atoms with Crippen LogP contribution in [-0.4, -0.2) is 30.0 Å². The molecular weight excluding hydrogens is 460 g/mol. The van der Waals surface area contributed by atoms with Gasteiger partial charge in [0.1, 0.15) is 11.5 Å². The van der Waals surface area contributed by atoms with Crippen LogP contribution < -0.4 is 14.2 Å². The maximum atomic E-state index is 10.6. The van der Waals surface area contributed by atoms with Gasteiger partial charge < -0.3 is 19.3 Å². The predicted octanol–water partition coefficient (Wildman–Crippen LogP) is 5.41. The largest absolute Gasteiger partial charge is 0.507 e. The lowest BCUT2D eigenvalue weighted by molar-refractivity contribution is -0.0203. The average molecular weight is 481 g/mol. The number of rotatable bonds is 4. The molecule has 31 heavy (non-hydrogen) atoms. The van der Waals surface area contributed by atoms with Crippen LogP contribution in [-0.2, 0) is 0 Å². The quantitative estimate of drug-likeness (QED) is 0.540. The lowest BCUT2D eigenvalue weighted by Crippen LogP contribution is -2.33. The summed E-state index contributed by atoms with van der Waals surface area (Å²) in [6.45, 7) is 0. The Morgan fingerprint density at radius 3 is 2.61 bits per heavy atom. The summed E-state index contributed by atoms with van der Waals surface area (Å²) in [6.07, 6.45) is 0.163. The molecule has 0 unspecified atom stereocenters. The molecular formula is C24H21BrN2O4. The maximum Gasteiger partial charge on any atom is 0.217 e. The molecule has 2 aliphatic rings. The van der Waals surface area contributed by atoms with Crippen LogP contribution in [0, 0.1) is 0 Å². The number of methoxy groups -OCH3 is 2. The van der Waals surface area contributed by atoms with Gasteiger partial charge >= 0.3 is 0 Å². The second kappa shape index (κ2) is 7.81. The van der Waals surface area contributed by atoms with Gasteiger partial charge in [-0.25, -0.2) is 5.01 Å². The van der Waals surface area contributed by atoms with Crippen molar-refractivity contribution in [3.63, 3.8) is 0 Å². The molecule has 5 rings (SSSR count). The minimum atomic E-state index is -0.546. The lowest BCUT2D eigenvalue weighted by Gasteiger charge is -2.38. The van der Waals surface area contributed by atoms with E-state index in [9.17, 15) is 5.11 Å². The van der Waals surface area contributed by atoms with Crippen molar-refractivity contribution in [3.8, 4) is 23.0 Å².